The summed E-state index contributed by atoms with van der Waals surface area (Å²) in [6.45, 7) is 1.69. The summed E-state index contributed by atoms with van der Waals surface area (Å²) in [5, 5.41) is 9.92. The lowest BCUT2D eigenvalue weighted by atomic mass is 10.1. The molecule has 0 aliphatic carbocycles. The molecule has 218 valence electrons. The average molecular weight is 591 g/mol. The number of anilines is 1. The second kappa shape index (κ2) is 10.4. The van der Waals surface area contributed by atoms with Gasteiger partial charge in [-0.15, -0.1) is 0 Å². The molecule has 1 aliphatic rings. The zero-order valence-electron chi connectivity index (χ0n) is 23.5. The van der Waals surface area contributed by atoms with Crippen LogP contribution in [-0.4, -0.2) is 49.4 Å². The Hall–Kier alpha value is -5.91. The number of esters is 1. The number of fused-ring (bicyclic) bond motifs is 3. The van der Waals surface area contributed by atoms with Crippen molar-refractivity contribution >= 4 is 45.4 Å². The molecule has 1 aliphatic heterocycles. The molecule has 0 radical (unpaired) electrons. The number of amides is 2. The summed E-state index contributed by atoms with van der Waals surface area (Å²) in [6.07, 6.45) is 4.34. The maximum atomic E-state index is 14.2. The van der Waals surface area contributed by atoms with Crippen molar-refractivity contribution < 1.29 is 28.2 Å². The van der Waals surface area contributed by atoms with Gasteiger partial charge in [0.05, 0.1) is 41.2 Å². The molecule has 2 amide bonds. The van der Waals surface area contributed by atoms with Gasteiger partial charge in [-0.3, -0.25) is 19.1 Å². The van der Waals surface area contributed by atoms with Crippen molar-refractivity contribution in [2.75, 3.05) is 12.0 Å². The van der Waals surface area contributed by atoms with E-state index in [1.807, 2.05) is 12.1 Å². The Morgan fingerprint density at radius 3 is 2.43 bits per heavy atom. The van der Waals surface area contributed by atoms with Gasteiger partial charge in [0.2, 0.25) is 0 Å². The number of carbonyl (C=O) groups is 3. The summed E-state index contributed by atoms with van der Waals surface area (Å²) >= 11 is 0. The number of halogens is 1. The number of methoxy groups -OCH3 is 1. The molecule has 0 bridgehead atoms. The van der Waals surface area contributed by atoms with Crippen molar-refractivity contribution in [2.45, 2.75) is 19.6 Å². The van der Waals surface area contributed by atoms with Crippen LogP contribution in [0.25, 0.3) is 27.5 Å². The van der Waals surface area contributed by atoms with Crippen molar-refractivity contribution in [3.63, 3.8) is 0 Å². The second-order valence-corrected chi connectivity index (χ2v) is 10.2. The minimum atomic E-state index is -0.721. The van der Waals surface area contributed by atoms with Crippen LogP contribution in [0, 0.1) is 5.82 Å². The minimum absolute atomic E-state index is 0.0143. The molecule has 11 nitrogen and oxygen atoms in total. The quantitative estimate of drug-likeness (QED) is 0.188. The second-order valence-electron chi connectivity index (χ2n) is 10.2. The van der Waals surface area contributed by atoms with Crippen molar-refractivity contribution in [1.82, 2.24) is 24.5 Å². The number of rotatable bonds is 7. The molecule has 44 heavy (non-hydrogen) atoms. The Balaban J connectivity index is 1.36. The fourth-order valence-electron chi connectivity index (χ4n) is 5.38. The fourth-order valence-corrected chi connectivity index (χ4v) is 5.38. The Bertz CT molecular complexity index is 2090. The van der Waals surface area contributed by atoms with Crippen LogP contribution in [0.4, 0.5) is 10.2 Å². The summed E-state index contributed by atoms with van der Waals surface area (Å²) in [6, 6.07) is 17.6. The number of hydrogen-bond donors (Lipinski definition) is 0. The highest BCUT2D eigenvalue weighted by Crippen LogP contribution is 2.39. The van der Waals surface area contributed by atoms with Crippen molar-refractivity contribution in [2.24, 2.45) is 0 Å². The summed E-state index contributed by atoms with van der Waals surface area (Å²) in [5.74, 6) is -1.93. The Morgan fingerprint density at radius 2 is 1.73 bits per heavy atom. The molecule has 12 heteroatoms. The van der Waals surface area contributed by atoms with Gasteiger partial charge in [0.25, 0.3) is 11.8 Å². The van der Waals surface area contributed by atoms with Crippen LogP contribution in [0.15, 0.2) is 85.3 Å². The van der Waals surface area contributed by atoms with Crippen LogP contribution in [0.3, 0.4) is 0 Å². The number of carbonyl (C=O) groups excluding carboxylic acids is 3. The maximum absolute atomic E-state index is 14.2. The molecule has 0 saturated heterocycles. The van der Waals surface area contributed by atoms with Gasteiger partial charge >= 0.3 is 5.97 Å². The lowest BCUT2D eigenvalue weighted by Crippen LogP contribution is -2.31. The first kappa shape index (κ1) is 27.0. The molecule has 0 unspecified atom stereocenters. The molecule has 0 fully saturated rings. The van der Waals surface area contributed by atoms with E-state index in [0.717, 1.165) is 10.3 Å². The smallest absolute Gasteiger partial charge is 0.327 e. The van der Waals surface area contributed by atoms with Gasteiger partial charge in [0.15, 0.2) is 11.6 Å². The van der Waals surface area contributed by atoms with E-state index >= 15 is 0 Å². The Kier molecular flexibility index (Phi) is 6.38. The normalized spacial score (nSPS) is 13.5. The molecule has 0 N–H and O–H groups in total. The van der Waals surface area contributed by atoms with Crippen molar-refractivity contribution in [3.05, 3.63) is 108 Å². The fraction of sp³-hybridized carbons (Fsp3) is 0.125. The first-order valence-electron chi connectivity index (χ1n) is 13.6. The number of nitrogens with zero attached hydrogens (tertiary/aromatic N) is 6. The molecule has 0 spiro atoms. The lowest BCUT2D eigenvalue weighted by molar-refractivity contribution is -0.141. The standard InChI is InChI=1S/C32H23FN6O5/c1-18(24-15-26-20(13-27(24)37-11-5-10-34-37)16-35-38(26)17-29(40)43-2)44-28-14-19-12-21(33)8-9-25(19)36-30(28)39-31(41)22-6-3-4-7-23(22)32(39)42/h3-16,18H,17H2,1-2H3/t18-/m0/s1. The van der Waals surface area contributed by atoms with Gasteiger partial charge in [-0.25, -0.2) is 19.0 Å². The van der Waals surface area contributed by atoms with Crippen LogP contribution in [0.1, 0.15) is 39.3 Å². The largest absolute Gasteiger partial charge is 0.482 e. The summed E-state index contributed by atoms with van der Waals surface area (Å²) in [7, 11) is 1.31. The number of benzene rings is 3. The summed E-state index contributed by atoms with van der Waals surface area (Å²) in [5.41, 5.74) is 2.86. The minimum Gasteiger partial charge on any atom is -0.482 e. The number of ether oxygens (including phenoxy) is 2. The van der Waals surface area contributed by atoms with Crippen LogP contribution in [0.2, 0.25) is 0 Å². The monoisotopic (exact) mass is 590 g/mol. The van der Waals surface area contributed by atoms with Crippen LogP contribution < -0.4 is 9.64 Å². The van der Waals surface area contributed by atoms with Gasteiger partial charge in [-0.05, 0) is 61.5 Å². The van der Waals surface area contributed by atoms with Crippen LogP contribution in [0.5, 0.6) is 5.75 Å². The van der Waals surface area contributed by atoms with E-state index in [9.17, 15) is 18.8 Å². The highest BCUT2D eigenvalue weighted by atomic mass is 19.1. The number of pyridine rings is 1. The first-order chi connectivity index (χ1) is 21.3. The Labute approximate surface area is 249 Å². The lowest BCUT2D eigenvalue weighted by Gasteiger charge is -2.23. The first-order valence-corrected chi connectivity index (χ1v) is 13.6. The van der Waals surface area contributed by atoms with E-state index in [1.54, 1.807) is 66.6 Å². The Morgan fingerprint density at radius 1 is 0.955 bits per heavy atom. The van der Waals surface area contributed by atoms with Gasteiger partial charge < -0.3 is 9.47 Å². The zero-order valence-corrected chi connectivity index (χ0v) is 23.5. The highest BCUT2D eigenvalue weighted by molar-refractivity contribution is 6.34. The number of hydrogen-bond acceptors (Lipinski definition) is 8. The molecule has 3 aromatic heterocycles. The van der Waals surface area contributed by atoms with Crippen LogP contribution >= 0.6 is 0 Å². The third-order valence-electron chi connectivity index (χ3n) is 7.52. The van der Waals surface area contributed by atoms with Crippen molar-refractivity contribution in [3.8, 4) is 11.4 Å². The third-order valence-corrected chi connectivity index (χ3v) is 7.52. The van der Waals surface area contributed by atoms with Gasteiger partial charge in [0.1, 0.15) is 18.5 Å². The SMILES string of the molecule is COC(=O)Cn1ncc2cc(-n3cccn3)c([C@H](C)Oc3cc4cc(F)ccc4nc3N3C(=O)c4ccccc4C3=O)cc21. The topological polar surface area (TPSA) is 121 Å². The molecule has 4 heterocycles. The van der Waals surface area contributed by atoms with Gasteiger partial charge in [-0.2, -0.15) is 10.2 Å². The van der Waals surface area contributed by atoms with E-state index in [2.05, 4.69) is 15.2 Å². The molecule has 1 atom stereocenters. The van der Waals surface area contributed by atoms with E-state index in [-0.39, 0.29) is 29.2 Å². The predicted molar refractivity (Wildman–Crippen MR) is 157 cm³/mol. The molecule has 7 rings (SSSR count). The molecular weight excluding hydrogens is 567 g/mol. The van der Waals surface area contributed by atoms with Gasteiger partial charge in [0, 0.05) is 28.7 Å². The van der Waals surface area contributed by atoms with Crippen molar-refractivity contribution in [1.29, 1.82) is 0 Å². The average Bonchev–Trinajstić information content (AvgIpc) is 3.76. The number of imide groups is 1. The third kappa shape index (κ3) is 4.44. The zero-order chi connectivity index (χ0) is 30.5. The summed E-state index contributed by atoms with van der Waals surface area (Å²) < 4.78 is 28.8. The molecule has 0 saturated carbocycles. The van der Waals surface area contributed by atoms with Crippen LogP contribution in [-0.2, 0) is 16.1 Å². The summed E-state index contributed by atoms with van der Waals surface area (Å²) in [4.78, 5) is 44.6. The maximum Gasteiger partial charge on any atom is 0.327 e. The van der Waals surface area contributed by atoms with E-state index in [1.165, 1.54) is 30.0 Å². The molecule has 6 aromatic rings. The highest BCUT2D eigenvalue weighted by Gasteiger charge is 2.39. The predicted octanol–water partition coefficient (Wildman–Crippen LogP) is 5.02. The number of aromatic nitrogens is 5. The molecule has 3 aromatic carbocycles. The van der Waals surface area contributed by atoms with E-state index in [4.69, 9.17) is 9.47 Å². The molecular formula is C32H23FN6O5. The van der Waals surface area contributed by atoms with E-state index < -0.39 is 29.7 Å². The van der Waals surface area contributed by atoms with Gasteiger partial charge in [-0.1, -0.05) is 12.1 Å². The van der Waals surface area contributed by atoms with E-state index in [0.29, 0.717) is 27.7 Å².